The molecule has 26 heavy (non-hydrogen) atoms. The fourth-order valence-electron chi connectivity index (χ4n) is 6.27. The van der Waals surface area contributed by atoms with Gasteiger partial charge in [0.05, 0.1) is 11.7 Å². The smallest absolute Gasteiger partial charge is 0.111 e. The Kier molecular flexibility index (Phi) is 5.80. The second-order valence-corrected chi connectivity index (χ2v) is 11.2. The van der Waals surface area contributed by atoms with E-state index in [1.54, 1.807) is 6.92 Å². The molecule has 3 aliphatic carbocycles. The highest BCUT2D eigenvalue weighted by atomic mass is 79.9. The predicted octanol–water partition coefficient (Wildman–Crippen LogP) is 4.52. The van der Waals surface area contributed by atoms with E-state index in [-0.39, 0.29) is 27.7 Å². The second-order valence-electron chi connectivity index (χ2n) is 9.53. The molecule has 3 aliphatic rings. The summed E-state index contributed by atoms with van der Waals surface area (Å²) in [6.07, 6.45) is 4.23. The molecule has 6 heteroatoms. The van der Waals surface area contributed by atoms with Crippen molar-refractivity contribution in [2.45, 2.75) is 76.0 Å². The van der Waals surface area contributed by atoms with E-state index in [2.05, 4.69) is 52.6 Å². The lowest BCUT2D eigenvalue weighted by Crippen LogP contribution is -2.66. The van der Waals surface area contributed by atoms with Gasteiger partial charge in [0.1, 0.15) is 6.10 Å². The van der Waals surface area contributed by atoms with E-state index in [0.717, 1.165) is 30.2 Å². The predicted molar refractivity (Wildman–Crippen MR) is 110 cm³/mol. The summed E-state index contributed by atoms with van der Waals surface area (Å²) in [7, 11) is 0. The molecule has 0 aliphatic heterocycles. The molecule has 3 rings (SSSR count). The van der Waals surface area contributed by atoms with Crippen molar-refractivity contribution in [2.24, 2.45) is 28.6 Å². The number of hydrogen-bond donors (Lipinski definition) is 3. The van der Waals surface area contributed by atoms with Crippen LogP contribution in [0.15, 0.2) is 11.6 Å². The Labute approximate surface area is 173 Å². The molecule has 8 atom stereocenters. The third kappa shape index (κ3) is 2.89. The number of fused-ring (bicyclic) bond motifs is 3. The Bertz CT molecular complexity index is 578. The number of aliphatic hydroxyl groups excluding tert-OH is 1. The molecular formula is C20H32Br2O4. The van der Waals surface area contributed by atoms with Crippen molar-refractivity contribution >= 4 is 31.9 Å². The average molecular weight is 496 g/mol. The van der Waals surface area contributed by atoms with E-state index in [0.29, 0.717) is 18.3 Å². The van der Waals surface area contributed by atoms with Gasteiger partial charge in [-0.25, -0.2) is 4.89 Å². The van der Waals surface area contributed by atoms with Crippen molar-refractivity contribution in [3.8, 4) is 0 Å². The molecule has 4 nitrogen and oxygen atoms in total. The molecule has 0 aromatic heterocycles. The summed E-state index contributed by atoms with van der Waals surface area (Å²) in [5.41, 5.74) is -0.294. The van der Waals surface area contributed by atoms with Crippen LogP contribution in [0.2, 0.25) is 0 Å². The zero-order valence-corrected chi connectivity index (χ0v) is 19.3. The number of alkyl halides is 2. The third-order valence-electron chi connectivity index (χ3n) is 7.80. The topological polar surface area (TPSA) is 69.9 Å². The largest absolute Gasteiger partial charge is 0.390 e. The second kappa shape index (κ2) is 7.10. The van der Waals surface area contributed by atoms with Gasteiger partial charge in [0, 0.05) is 21.5 Å². The summed E-state index contributed by atoms with van der Waals surface area (Å²) >= 11 is 7.62. The van der Waals surface area contributed by atoms with E-state index in [1.807, 2.05) is 6.08 Å². The highest BCUT2D eigenvalue weighted by Crippen LogP contribution is 2.66. The first kappa shape index (κ1) is 21.3. The van der Waals surface area contributed by atoms with Gasteiger partial charge in [-0.2, -0.15) is 0 Å². The zero-order chi connectivity index (χ0) is 19.5. The minimum atomic E-state index is -1.21. The summed E-state index contributed by atoms with van der Waals surface area (Å²) in [5, 5.41) is 32.4. The Morgan fingerprint density at radius 3 is 2.46 bits per heavy atom. The van der Waals surface area contributed by atoms with Crippen molar-refractivity contribution in [3.05, 3.63) is 11.6 Å². The molecule has 0 radical (unpaired) electrons. The van der Waals surface area contributed by atoms with Crippen molar-refractivity contribution in [2.75, 3.05) is 5.33 Å². The fourth-order valence-corrected chi connectivity index (χ4v) is 8.14. The maximum Gasteiger partial charge on any atom is 0.111 e. The first-order valence-corrected chi connectivity index (χ1v) is 11.7. The SMILES string of the molecule is CC(C)C1CC(OO)C=C2C3C(C)(O)C(O)CC(Br)C3(C)CCC21CBr. The molecule has 0 bridgehead atoms. The maximum atomic E-state index is 11.4. The normalized spacial score (nSPS) is 51.6. The molecule has 8 unspecified atom stereocenters. The van der Waals surface area contributed by atoms with Gasteiger partial charge < -0.3 is 10.2 Å². The van der Waals surface area contributed by atoms with Gasteiger partial charge in [-0.05, 0) is 49.9 Å². The minimum Gasteiger partial charge on any atom is -0.390 e. The van der Waals surface area contributed by atoms with Crippen LogP contribution in [0, 0.1) is 28.6 Å². The Hall–Kier alpha value is 0.540. The molecule has 0 aromatic carbocycles. The van der Waals surface area contributed by atoms with Crippen LogP contribution in [0.4, 0.5) is 0 Å². The molecule has 0 aromatic rings. The molecular weight excluding hydrogens is 464 g/mol. The van der Waals surface area contributed by atoms with Crippen LogP contribution in [0.1, 0.15) is 53.4 Å². The Balaban J connectivity index is 2.20. The van der Waals surface area contributed by atoms with Crippen LogP contribution in [-0.2, 0) is 4.89 Å². The van der Waals surface area contributed by atoms with Crippen LogP contribution < -0.4 is 0 Å². The maximum absolute atomic E-state index is 11.4. The molecule has 2 saturated carbocycles. The molecule has 0 heterocycles. The van der Waals surface area contributed by atoms with Crippen molar-refractivity contribution < 1.29 is 20.4 Å². The van der Waals surface area contributed by atoms with Gasteiger partial charge in [0.15, 0.2) is 0 Å². The van der Waals surface area contributed by atoms with Gasteiger partial charge in [-0.1, -0.05) is 64.3 Å². The van der Waals surface area contributed by atoms with Crippen LogP contribution in [0.3, 0.4) is 0 Å². The van der Waals surface area contributed by atoms with E-state index >= 15 is 0 Å². The van der Waals surface area contributed by atoms with Gasteiger partial charge in [0.25, 0.3) is 0 Å². The summed E-state index contributed by atoms with van der Waals surface area (Å²) < 4.78 is 0. The molecule has 0 spiro atoms. The van der Waals surface area contributed by atoms with E-state index in [4.69, 9.17) is 4.89 Å². The van der Waals surface area contributed by atoms with Gasteiger partial charge in [0.2, 0.25) is 0 Å². The Morgan fingerprint density at radius 1 is 1.27 bits per heavy atom. The average Bonchev–Trinajstić information content (AvgIpc) is 2.58. The third-order valence-corrected chi connectivity index (χ3v) is 10.2. The Morgan fingerprint density at radius 2 is 1.92 bits per heavy atom. The quantitative estimate of drug-likeness (QED) is 0.233. The van der Waals surface area contributed by atoms with E-state index < -0.39 is 11.7 Å². The van der Waals surface area contributed by atoms with Crippen LogP contribution >= 0.6 is 31.9 Å². The van der Waals surface area contributed by atoms with Crippen molar-refractivity contribution in [1.29, 1.82) is 0 Å². The minimum absolute atomic E-state index is 0.0822. The van der Waals surface area contributed by atoms with Gasteiger partial charge in [-0.15, -0.1) is 0 Å². The lowest BCUT2D eigenvalue weighted by Gasteiger charge is -2.64. The van der Waals surface area contributed by atoms with Gasteiger partial charge >= 0.3 is 0 Å². The molecule has 0 saturated heterocycles. The number of hydrogen-bond acceptors (Lipinski definition) is 4. The number of halogens is 2. The molecule has 150 valence electrons. The number of rotatable bonds is 3. The molecule has 2 fully saturated rings. The summed E-state index contributed by atoms with van der Waals surface area (Å²) in [5.74, 6) is 0.581. The monoisotopic (exact) mass is 494 g/mol. The standard InChI is InChI=1S/C20H32Br2O4/c1-11(2)13-7-12(26-25)8-14-17-18(3,5-6-20(13,14)10-21)15(22)9-16(23)19(17,4)24/h8,11-13,15-17,23-25H,5-7,9-10H2,1-4H3. The molecule has 0 amide bonds. The number of aliphatic hydroxyl groups is 2. The van der Waals surface area contributed by atoms with Crippen LogP contribution in [0.5, 0.6) is 0 Å². The first-order valence-electron chi connectivity index (χ1n) is 9.67. The van der Waals surface area contributed by atoms with Crippen molar-refractivity contribution in [3.63, 3.8) is 0 Å². The van der Waals surface area contributed by atoms with Gasteiger partial charge in [-0.3, -0.25) is 5.26 Å². The lowest BCUT2D eigenvalue weighted by atomic mass is 9.43. The highest BCUT2D eigenvalue weighted by Gasteiger charge is 2.65. The molecule has 3 N–H and O–H groups in total. The summed E-state index contributed by atoms with van der Waals surface area (Å²) in [6, 6.07) is 0. The summed E-state index contributed by atoms with van der Waals surface area (Å²) in [4.78, 5) is 4.93. The first-order chi connectivity index (χ1) is 12.0. The lowest BCUT2D eigenvalue weighted by molar-refractivity contribution is -0.275. The van der Waals surface area contributed by atoms with E-state index in [1.165, 1.54) is 0 Å². The van der Waals surface area contributed by atoms with Crippen LogP contribution in [0.25, 0.3) is 0 Å². The summed E-state index contributed by atoms with van der Waals surface area (Å²) in [6.45, 7) is 8.45. The fraction of sp³-hybridized carbons (Fsp3) is 0.900. The highest BCUT2D eigenvalue weighted by molar-refractivity contribution is 9.09. The zero-order valence-electron chi connectivity index (χ0n) is 16.1. The van der Waals surface area contributed by atoms with E-state index in [9.17, 15) is 15.5 Å². The van der Waals surface area contributed by atoms with Crippen molar-refractivity contribution in [1.82, 2.24) is 0 Å². The van der Waals surface area contributed by atoms with Crippen LogP contribution in [-0.4, -0.2) is 43.4 Å².